The Morgan fingerprint density at radius 1 is 1.62 bits per heavy atom. The van der Waals surface area contributed by atoms with Crippen LogP contribution in [0.2, 0.25) is 0 Å². The van der Waals surface area contributed by atoms with E-state index >= 15 is 0 Å². The topological polar surface area (TPSA) is 49.3 Å². The summed E-state index contributed by atoms with van der Waals surface area (Å²) in [5.74, 6) is -2.05. The molecule has 1 unspecified atom stereocenters. The Kier molecular flexibility index (Phi) is 4.47. The van der Waals surface area contributed by atoms with Crippen molar-refractivity contribution in [2.75, 3.05) is 6.61 Å². The highest BCUT2D eigenvalue weighted by atomic mass is 19.4. The first-order chi connectivity index (χ1) is 5.91. The molecule has 0 aromatic carbocycles. The van der Waals surface area contributed by atoms with E-state index in [0.717, 1.165) is 0 Å². The van der Waals surface area contributed by atoms with Gasteiger partial charge in [-0.25, -0.2) is 0 Å². The van der Waals surface area contributed by atoms with E-state index in [1.807, 2.05) is 0 Å². The van der Waals surface area contributed by atoms with E-state index in [-0.39, 0.29) is 0 Å². The van der Waals surface area contributed by atoms with Crippen LogP contribution in [0.4, 0.5) is 13.2 Å². The van der Waals surface area contributed by atoms with Crippen LogP contribution in [0, 0.1) is 0 Å². The normalized spacial score (nSPS) is 14.5. The van der Waals surface area contributed by atoms with Gasteiger partial charge in [-0.3, -0.25) is 4.79 Å². The summed E-state index contributed by atoms with van der Waals surface area (Å²) in [6, 6.07) is -0.987. The first-order valence-corrected chi connectivity index (χ1v) is 3.53. The summed E-state index contributed by atoms with van der Waals surface area (Å²) in [4.78, 5) is 10.3. The van der Waals surface area contributed by atoms with Gasteiger partial charge in [-0.15, -0.1) is 0 Å². The molecule has 0 radical (unpaired) electrons. The summed E-state index contributed by atoms with van der Waals surface area (Å²) in [6.45, 7) is 1.01. The second-order valence-corrected chi connectivity index (χ2v) is 2.29. The SMILES string of the molecule is C/C=C/C(CO)NC(=O)C(F)(F)F. The van der Waals surface area contributed by atoms with Gasteiger partial charge in [0.1, 0.15) is 0 Å². The fraction of sp³-hybridized carbons (Fsp3) is 0.571. The highest BCUT2D eigenvalue weighted by molar-refractivity contribution is 5.82. The number of allylic oxidation sites excluding steroid dienone is 1. The van der Waals surface area contributed by atoms with E-state index in [1.165, 1.54) is 12.2 Å². The largest absolute Gasteiger partial charge is 0.471 e. The number of hydrogen-bond donors (Lipinski definition) is 2. The van der Waals surface area contributed by atoms with Crippen molar-refractivity contribution in [1.29, 1.82) is 0 Å². The zero-order valence-corrected chi connectivity index (χ0v) is 6.93. The fourth-order valence-electron chi connectivity index (χ4n) is 0.637. The molecule has 0 aliphatic heterocycles. The molecule has 3 nitrogen and oxygen atoms in total. The van der Waals surface area contributed by atoms with E-state index < -0.39 is 24.7 Å². The molecule has 0 heterocycles. The maximum Gasteiger partial charge on any atom is 0.471 e. The Labute approximate surface area is 73.2 Å². The molecule has 1 atom stereocenters. The third-order valence-corrected chi connectivity index (χ3v) is 1.20. The zero-order chi connectivity index (χ0) is 10.5. The summed E-state index contributed by atoms with van der Waals surface area (Å²) in [6.07, 6.45) is -2.20. The van der Waals surface area contributed by atoms with E-state index in [9.17, 15) is 18.0 Å². The molecule has 0 saturated carbocycles. The van der Waals surface area contributed by atoms with Gasteiger partial charge < -0.3 is 10.4 Å². The summed E-state index contributed by atoms with van der Waals surface area (Å²) in [5, 5.41) is 10.1. The second-order valence-electron chi connectivity index (χ2n) is 2.29. The van der Waals surface area contributed by atoms with Crippen LogP contribution in [-0.4, -0.2) is 29.8 Å². The molecule has 0 spiro atoms. The Hall–Kier alpha value is -1.04. The molecule has 0 aliphatic carbocycles. The van der Waals surface area contributed by atoms with Gasteiger partial charge in [0.2, 0.25) is 0 Å². The predicted molar refractivity (Wildman–Crippen MR) is 39.9 cm³/mol. The van der Waals surface area contributed by atoms with Crippen LogP contribution in [0.3, 0.4) is 0 Å². The molecular formula is C7H10F3NO2. The van der Waals surface area contributed by atoms with Crippen LogP contribution in [0.15, 0.2) is 12.2 Å². The molecule has 0 rings (SSSR count). The van der Waals surface area contributed by atoms with Crippen molar-refractivity contribution in [2.24, 2.45) is 0 Å². The number of carbonyl (C=O) groups excluding carboxylic acids is 1. The third-order valence-electron chi connectivity index (χ3n) is 1.20. The number of amides is 1. The van der Waals surface area contributed by atoms with Crippen molar-refractivity contribution < 1.29 is 23.1 Å². The lowest BCUT2D eigenvalue weighted by atomic mass is 10.3. The third kappa shape index (κ3) is 4.51. The quantitative estimate of drug-likeness (QED) is 0.651. The van der Waals surface area contributed by atoms with E-state index in [2.05, 4.69) is 0 Å². The van der Waals surface area contributed by atoms with Crippen LogP contribution in [0.25, 0.3) is 0 Å². The minimum atomic E-state index is -4.91. The number of rotatable bonds is 3. The number of aliphatic hydroxyl groups is 1. The minimum absolute atomic E-state index is 0.563. The van der Waals surface area contributed by atoms with Crippen LogP contribution in [0.1, 0.15) is 6.92 Å². The van der Waals surface area contributed by atoms with E-state index in [4.69, 9.17) is 5.11 Å². The number of nitrogens with one attached hydrogen (secondary N) is 1. The highest BCUT2D eigenvalue weighted by Crippen LogP contribution is 2.14. The van der Waals surface area contributed by atoms with E-state index in [0.29, 0.717) is 0 Å². The molecule has 2 N–H and O–H groups in total. The van der Waals surface area contributed by atoms with Gasteiger partial charge >= 0.3 is 12.1 Å². The van der Waals surface area contributed by atoms with E-state index in [1.54, 1.807) is 12.2 Å². The molecule has 0 aliphatic rings. The smallest absolute Gasteiger partial charge is 0.394 e. The molecule has 0 aromatic heterocycles. The van der Waals surface area contributed by atoms with Crippen LogP contribution >= 0.6 is 0 Å². The van der Waals surface area contributed by atoms with Crippen molar-refractivity contribution >= 4 is 5.91 Å². The molecule has 0 aromatic rings. The molecule has 6 heteroatoms. The summed E-state index contributed by atoms with van der Waals surface area (Å²) in [5.41, 5.74) is 0. The maximum atomic E-state index is 11.7. The molecule has 0 fully saturated rings. The lowest BCUT2D eigenvalue weighted by Crippen LogP contribution is -2.43. The molecule has 1 amide bonds. The molecule has 0 saturated heterocycles. The second kappa shape index (κ2) is 4.86. The fourth-order valence-corrected chi connectivity index (χ4v) is 0.637. The molecule has 13 heavy (non-hydrogen) atoms. The first kappa shape index (κ1) is 12.0. The van der Waals surface area contributed by atoms with Crippen molar-refractivity contribution in [2.45, 2.75) is 19.1 Å². The summed E-state index contributed by atoms with van der Waals surface area (Å²) in [7, 11) is 0. The monoisotopic (exact) mass is 197 g/mol. The van der Waals surface area contributed by atoms with Crippen molar-refractivity contribution in [3.63, 3.8) is 0 Å². The van der Waals surface area contributed by atoms with Crippen molar-refractivity contribution in [3.8, 4) is 0 Å². The Morgan fingerprint density at radius 3 is 2.46 bits per heavy atom. The van der Waals surface area contributed by atoms with Crippen LogP contribution in [0.5, 0.6) is 0 Å². The lowest BCUT2D eigenvalue weighted by molar-refractivity contribution is -0.174. The molecule has 0 bridgehead atoms. The number of alkyl halides is 3. The molecular weight excluding hydrogens is 187 g/mol. The number of carbonyl (C=O) groups is 1. The Bertz CT molecular complexity index is 200. The standard InChI is InChI=1S/C7H10F3NO2/c1-2-3-5(4-12)11-6(13)7(8,9)10/h2-3,5,12H,4H2,1H3,(H,11,13)/b3-2+. The summed E-state index contributed by atoms with van der Waals surface area (Å²) >= 11 is 0. The van der Waals surface area contributed by atoms with Gasteiger partial charge in [0.15, 0.2) is 0 Å². The minimum Gasteiger partial charge on any atom is -0.394 e. The summed E-state index contributed by atoms with van der Waals surface area (Å²) < 4.78 is 35.0. The highest BCUT2D eigenvalue weighted by Gasteiger charge is 2.39. The van der Waals surface area contributed by atoms with Crippen molar-refractivity contribution in [3.05, 3.63) is 12.2 Å². The van der Waals surface area contributed by atoms with Crippen LogP contribution < -0.4 is 5.32 Å². The average molecular weight is 197 g/mol. The number of halogens is 3. The lowest BCUT2D eigenvalue weighted by Gasteiger charge is -2.13. The van der Waals surface area contributed by atoms with Gasteiger partial charge in [-0.2, -0.15) is 13.2 Å². The van der Waals surface area contributed by atoms with Gasteiger partial charge in [-0.05, 0) is 6.92 Å². The average Bonchev–Trinajstić information content (AvgIpc) is 2.01. The van der Waals surface area contributed by atoms with Crippen LogP contribution in [-0.2, 0) is 4.79 Å². The Balaban J connectivity index is 4.17. The van der Waals surface area contributed by atoms with Gasteiger partial charge in [-0.1, -0.05) is 12.2 Å². The number of aliphatic hydroxyl groups excluding tert-OH is 1. The first-order valence-electron chi connectivity index (χ1n) is 3.53. The zero-order valence-electron chi connectivity index (χ0n) is 6.93. The van der Waals surface area contributed by atoms with Gasteiger partial charge in [0, 0.05) is 0 Å². The number of hydrogen-bond acceptors (Lipinski definition) is 2. The maximum absolute atomic E-state index is 11.7. The van der Waals surface area contributed by atoms with Crippen molar-refractivity contribution in [1.82, 2.24) is 5.32 Å². The molecule has 76 valence electrons. The Morgan fingerprint density at radius 2 is 2.15 bits per heavy atom. The van der Waals surface area contributed by atoms with Gasteiger partial charge in [0.05, 0.1) is 12.6 Å². The predicted octanol–water partition coefficient (Wildman–Crippen LogP) is 0.602. The van der Waals surface area contributed by atoms with Gasteiger partial charge in [0.25, 0.3) is 0 Å².